The molecule has 0 spiro atoms. The van der Waals surface area contributed by atoms with Gasteiger partial charge < -0.3 is 19.8 Å². The summed E-state index contributed by atoms with van der Waals surface area (Å²) in [7, 11) is 3.09. The van der Waals surface area contributed by atoms with Crippen LogP contribution < -0.4 is 20.3 Å². The molecule has 1 heterocycles. The standard InChI is InChI=1S/C19H20ClN3O3/c1-11(12-4-6-13(20)7-5-12)21-10-18-22-15-9-17(26-3)16(25-2)8-14(15)19(24)23-18/h4-9,11,21H,10H2,1-3H3,(H,22,23,24)/p+1/t11-/m0/s1. The lowest BCUT2D eigenvalue weighted by Gasteiger charge is -2.12. The van der Waals surface area contributed by atoms with Crippen LogP contribution in [0, 0.1) is 0 Å². The zero-order chi connectivity index (χ0) is 18.7. The smallest absolute Gasteiger partial charge is 0.259 e. The van der Waals surface area contributed by atoms with Crippen molar-refractivity contribution in [2.75, 3.05) is 14.2 Å². The van der Waals surface area contributed by atoms with E-state index in [-0.39, 0.29) is 11.6 Å². The van der Waals surface area contributed by atoms with Crippen LogP contribution >= 0.6 is 11.6 Å². The molecule has 0 aliphatic carbocycles. The van der Waals surface area contributed by atoms with Crippen LogP contribution in [0.1, 0.15) is 24.4 Å². The van der Waals surface area contributed by atoms with Crippen LogP contribution in [0.4, 0.5) is 0 Å². The normalized spacial score (nSPS) is 12.2. The molecule has 0 bridgehead atoms. The number of rotatable bonds is 6. The van der Waals surface area contributed by atoms with Crippen molar-refractivity contribution in [1.82, 2.24) is 9.97 Å². The number of hydrogen-bond acceptors (Lipinski definition) is 4. The second-order valence-electron chi connectivity index (χ2n) is 6.02. The predicted molar refractivity (Wildman–Crippen MR) is 101 cm³/mol. The van der Waals surface area contributed by atoms with Crippen molar-refractivity contribution in [2.45, 2.75) is 19.5 Å². The van der Waals surface area contributed by atoms with Crippen molar-refractivity contribution in [1.29, 1.82) is 0 Å². The highest BCUT2D eigenvalue weighted by Gasteiger charge is 2.13. The Labute approximate surface area is 156 Å². The number of nitrogens with zero attached hydrogens (tertiary/aromatic N) is 1. The number of ether oxygens (including phenoxy) is 2. The minimum Gasteiger partial charge on any atom is -0.493 e. The van der Waals surface area contributed by atoms with Crippen LogP contribution in [-0.2, 0) is 6.54 Å². The largest absolute Gasteiger partial charge is 0.493 e. The first kappa shape index (κ1) is 18.2. The van der Waals surface area contributed by atoms with E-state index in [1.54, 1.807) is 19.2 Å². The van der Waals surface area contributed by atoms with Crippen molar-refractivity contribution >= 4 is 22.5 Å². The number of H-pyrrole nitrogens is 1. The molecule has 2 aromatic carbocycles. The van der Waals surface area contributed by atoms with Crippen molar-refractivity contribution in [3.63, 3.8) is 0 Å². The van der Waals surface area contributed by atoms with Gasteiger partial charge in [-0.25, -0.2) is 4.98 Å². The number of hydrogen-bond donors (Lipinski definition) is 2. The summed E-state index contributed by atoms with van der Waals surface area (Å²) in [5.41, 5.74) is 1.54. The molecule has 1 aromatic heterocycles. The highest BCUT2D eigenvalue weighted by Crippen LogP contribution is 2.29. The van der Waals surface area contributed by atoms with Gasteiger partial charge in [-0.05, 0) is 25.1 Å². The van der Waals surface area contributed by atoms with Crippen molar-refractivity contribution < 1.29 is 14.8 Å². The topological polar surface area (TPSA) is 80.8 Å². The van der Waals surface area contributed by atoms with Crippen LogP contribution in [0.5, 0.6) is 11.5 Å². The molecule has 0 amide bonds. The van der Waals surface area contributed by atoms with Gasteiger partial charge in [-0.1, -0.05) is 23.7 Å². The van der Waals surface area contributed by atoms with Gasteiger partial charge in [-0.15, -0.1) is 0 Å². The molecular formula is C19H21ClN3O3+. The summed E-state index contributed by atoms with van der Waals surface area (Å²) in [5.74, 6) is 1.65. The van der Waals surface area contributed by atoms with Crippen LogP contribution in [0.3, 0.4) is 0 Å². The first-order valence-corrected chi connectivity index (χ1v) is 8.63. The molecule has 3 N–H and O–H groups in total. The Bertz CT molecular complexity index is 970. The molecule has 26 heavy (non-hydrogen) atoms. The Hall–Kier alpha value is -2.57. The third kappa shape index (κ3) is 3.81. The van der Waals surface area contributed by atoms with Crippen molar-refractivity contribution in [2.24, 2.45) is 0 Å². The third-order valence-electron chi connectivity index (χ3n) is 4.32. The van der Waals surface area contributed by atoms with E-state index in [1.807, 2.05) is 24.3 Å². The lowest BCUT2D eigenvalue weighted by atomic mass is 10.1. The fraction of sp³-hybridized carbons (Fsp3) is 0.263. The van der Waals surface area contributed by atoms with Gasteiger partial charge in [0.25, 0.3) is 5.56 Å². The zero-order valence-corrected chi connectivity index (χ0v) is 15.6. The second-order valence-corrected chi connectivity index (χ2v) is 6.45. The number of nitrogens with one attached hydrogen (secondary N) is 1. The van der Waals surface area contributed by atoms with E-state index in [0.717, 1.165) is 5.56 Å². The second kappa shape index (κ2) is 7.76. The lowest BCUT2D eigenvalue weighted by molar-refractivity contribution is -0.708. The Balaban J connectivity index is 1.84. The SMILES string of the molecule is COc1cc2nc(C[NH2+][C@@H](C)c3ccc(Cl)cc3)[nH]c(=O)c2cc1OC. The number of aromatic amines is 1. The highest BCUT2D eigenvalue weighted by atomic mass is 35.5. The average Bonchev–Trinajstić information content (AvgIpc) is 2.65. The molecule has 1 atom stereocenters. The highest BCUT2D eigenvalue weighted by molar-refractivity contribution is 6.30. The molecule has 0 unspecified atom stereocenters. The first-order chi connectivity index (χ1) is 12.5. The molecule has 3 aromatic rings. The molecule has 0 radical (unpaired) electrons. The Morgan fingerprint density at radius 1 is 1.15 bits per heavy atom. The van der Waals surface area contributed by atoms with Gasteiger partial charge in [-0.2, -0.15) is 0 Å². The molecule has 136 valence electrons. The van der Waals surface area contributed by atoms with E-state index < -0.39 is 0 Å². The van der Waals surface area contributed by atoms with Crippen molar-refractivity contribution in [3.05, 3.63) is 63.2 Å². The van der Waals surface area contributed by atoms with E-state index >= 15 is 0 Å². The minimum atomic E-state index is -0.196. The Morgan fingerprint density at radius 2 is 1.81 bits per heavy atom. The monoisotopic (exact) mass is 374 g/mol. The number of aromatic nitrogens is 2. The van der Waals surface area contributed by atoms with E-state index in [1.165, 1.54) is 7.11 Å². The third-order valence-corrected chi connectivity index (χ3v) is 4.57. The van der Waals surface area contributed by atoms with E-state index in [0.29, 0.717) is 39.8 Å². The van der Waals surface area contributed by atoms with Gasteiger partial charge in [0.15, 0.2) is 17.3 Å². The van der Waals surface area contributed by atoms with Gasteiger partial charge in [0, 0.05) is 16.7 Å². The Kier molecular flexibility index (Phi) is 5.44. The van der Waals surface area contributed by atoms with Crippen LogP contribution in [-0.4, -0.2) is 24.2 Å². The van der Waals surface area contributed by atoms with Gasteiger partial charge in [0.05, 0.1) is 25.1 Å². The van der Waals surface area contributed by atoms with Crippen LogP contribution in [0.15, 0.2) is 41.2 Å². The van der Waals surface area contributed by atoms with Crippen LogP contribution in [0.2, 0.25) is 5.02 Å². The molecule has 6 nitrogen and oxygen atoms in total. The van der Waals surface area contributed by atoms with Gasteiger partial charge >= 0.3 is 0 Å². The maximum atomic E-state index is 12.4. The minimum absolute atomic E-state index is 0.196. The molecule has 0 aliphatic heterocycles. The maximum Gasteiger partial charge on any atom is 0.259 e. The molecule has 0 aliphatic rings. The number of halogens is 1. The maximum absolute atomic E-state index is 12.4. The average molecular weight is 375 g/mol. The fourth-order valence-electron chi connectivity index (χ4n) is 2.80. The van der Waals surface area contributed by atoms with Gasteiger partial charge in [-0.3, -0.25) is 4.79 Å². The number of benzene rings is 2. The summed E-state index contributed by atoms with van der Waals surface area (Å²) in [6.45, 7) is 2.64. The van der Waals surface area contributed by atoms with Crippen LogP contribution in [0.25, 0.3) is 10.9 Å². The van der Waals surface area contributed by atoms with E-state index in [9.17, 15) is 4.79 Å². The molecular weight excluding hydrogens is 354 g/mol. The predicted octanol–water partition coefficient (Wildman–Crippen LogP) is 2.42. The fourth-order valence-corrected chi connectivity index (χ4v) is 2.93. The summed E-state index contributed by atoms with van der Waals surface area (Å²) in [5, 5.41) is 3.29. The van der Waals surface area contributed by atoms with Gasteiger partial charge in [0.1, 0.15) is 12.6 Å². The molecule has 0 saturated carbocycles. The summed E-state index contributed by atoms with van der Waals surface area (Å²) < 4.78 is 10.5. The number of fused-ring (bicyclic) bond motifs is 1. The summed E-state index contributed by atoms with van der Waals surface area (Å²) in [6.07, 6.45) is 0. The number of nitrogens with two attached hydrogens (primary N) is 1. The molecule has 3 rings (SSSR count). The number of methoxy groups -OCH3 is 2. The van der Waals surface area contributed by atoms with E-state index in [2.05, 4.69) is 22.2 Å². The summed E-state index contributed by atoms with van der Waals surface area (Å²) in [6, 6.07) is 11.3. The quantitative estimate of drug-likeness (QED) is 0.694. The summed E-state index contributed by atoms with van der Waals surface area (Å²) in [4.78, 5) is 19.8. The Morgan fingerprint density at radius 3 is 2.46 bits per heavy atom. The van der Waals surface area contributed by atoms with Gasteiger partial charge in [0.2, 0.25) is 0 Å². The molecule has 7 heteroatoms. The molecule has 0 saturated heterocycles. The number of quaternary nitrogens is 1. The van der Waals surface area contributed by atoms with E-state index in [4.69, 9.17) is 21.1 Å². The summed E-state index contributed by atoms with van der Waals surface area (Å²) >= 11 is 5.93. The zero-order valence-electron chi connectivity index (χ0n) is 14.9. The first-order valence-electron chi connectivity index (χ1n) is 8.25. The molecule has 0 fully saturated rings. The van der Waals surface area contributed by atoms with Crippen molar-refractivity contribution in [3.8, 4) is 11.5 Å². The lowest BCUT2D eigenvalue weighted by Crippen LogP contribution is -2.83.